The fraction of sp³-hybridized carbons (Fsp3) is 0.519. The summed E-state index contributed by atoms with van der Waals surface area (Å²) in [6.45, 7) is 5.71. The lowest BCUT2D eigenvalue weighted by atomic mass is 9.96. The van der Waals surface area contributed by atoms with E-state index in [1.807, 2.05) is 31.2 Å². The normalized spacial score (nSPS) is 14.3. The molecule has 8 N–H and O–H groups in total. The number of thiol groups is 1. The van der Waals surface area contributed by atoms with E-state index in [2.05, 4.69) is 33.7 Å². The number of aromatic amines is 1. The first-order valence-corrected chi connectivity index (χ1v) is 13.9. The number of benzene rings is 1. The van der Waals surface area contributed by atoms with Gasteiger partial charge < -0.3 is 31.9 Å². The van der Waals surface area contributed by atoms with Gasteiger partial charge in [0, 0.05) is 35.7 Å². The van der Waals surface area contributed by atoms with E-state index in [9.17, 15) is 24.0 Å². The number of amides is 3. The van der Waals surface area contributed by atoms with Crippen molar-refractivity contribution in [2.24, 2.45) is 17.4 Å². The maximum atomic E-state index is 13.5. The van der Waals surface area contributed by atoms with Crippen molar-refractivity contribution in [3.63, 3.8) is 0 Å². The van der Waals surface area contributed by atoms with Crippen molar-refractivity contribution in [2.45, 2.75) is 70.6 Å². The second-order valence-corrected chi connectivity index (χ2v) is 10.3. The second-order valence-electron chi connectivity index (χ2n) is 9.89. The van der Waals surface area contributed by atoms with Crippen LogP contribution in [-0.2, 0) is 35.2 Å². The highest BCUT2D eigenvalue weighted by Crippen LogP contribution is 2.20. The maximum absolute atomic E-state index is 13.5. The fourth-order valence-corrected chi connectivity index (χ4v) is 4.15. The van der Waals surface area contributed by atoms with Gasteiger partial charge >= 0.3 is 0 Å². The fourth-order valence-electron chi connectivity index (χ4n) is 3.91. The monoisotopic (exact) mass is 576 g/mol. The number of primary amides is 1. The molecule has 0 unspecified atom stereocenters. The Morgan fingerprint density at radius 3 is 2.27 bits per heavy atom. The number of Topliss-reactive ketones (excluding diaryl/α,β-unsaturated/α-hetero) is 2. The smallest absolute Gasteiger partial charge is 0.243 e. The Balaban J connectivity index is 2.35. The molecule has 0 bridgehead atoms. The van der Waals surface area contributed by atoms with Crippen LogP contribution in [0.15, 0.2) is 30.5 Å². The van der Waals surface area contributed by atoms with E-state index in [1.54, 1.807) is 20.0 Å². The zero-order valence-corrected chi connectivity index (χ0v) is 24.0. The molecule has 0 saturated heterocycles. The Hall–Kier alpha value is -3.26. The van der Waals surface area contributed by atoms with E-state index < -0.39 is 53.5 Å². The van der Waals surface area contributed by atoms with Crippen LogP contribution >= 0.6 is 12.6 Å². The molecule has 1 aromatic heterocycles. The minimum atomic E-state index is -1.29. The van der Waals surface area contributed by atoms with Gasteiger partial charge in [-0.2, -0.15) is 18.1 Å². The molecular weight excluding hydrogens is 536 g/mol. The summed E-state index contributed by atoms with van der Waals surface area (Å²) in [6, 6.07) is 2.94. The summed E-state index contributed by atoms with van der Waals surface area (Å²) in [4.78, 5) is 72.5. The van der Waals surface area contributed by atoms with Gasteiger partial charge in [0.05, 0.1) is 18.7 Å². The first-order chi connectivity index (χ1) is 19.0. The van der Waals surface area contributed by atoms with Crippen molar-refractivity contribution in [2.75, 3.05) is 12.4 Å². The second kappa shape index (κ2) is 16.1. The molecule has 3 amide bonds. The molecule has 0 aliphatic rings. The third-order valence-electron chi connectivity index (χ3n) is 6.34. The van der Waals surface area contributed by atoms with Crippen molar-refractivity contribution in [3.05, 3.63) is 36.0 Å². The molecule has 220 valence electrons. The maximum Gasteiger partial charge on any atom is 0.243 e. The highest BCUT2D eigenvalue weighted by atomic mass is 32.1. The number of nitrogens with one attached hydrogen (secondary N) is 4. The number of carbonyl (C=O) groups is 5. The number of carbonyl (C=O) groups excluding carboxylic acids is 5. The Morgan fingerprint density at radius 2 is 1.65 bits per heavy atom. The molecule has 0 aliphatic carbocycles. The molecule has 0 aliphatic heterocycles. The van der Waals surface area contributed by atoms with E-state index in [0.29, 0.717) is 18.6 Å². The summed E-state index contributed by atoms with van der Waals surface area (Å²) in [7, 11) is 0. The van der Waals surface area contributed by atoms with Crippen LogP contribution in [0.4, 0.5) is 0 Å². The average Bonchev–Trinajstić information content (AvgIpc) is 3.34. The summed E-state index contributed by atoms with van der Waals surface area (Å²) in [5.41, 5.74) is 15.3. The average molecular weight is 577 g/mol. The van der Waals surface area contributed by atoms with Crippen LogP contribution in [0, 0.1) is 5.92 Å². The zero-order chi connectivity index (χ0) is 29.8. The number of ketones is 2. The largest absolute Gasteiger partial charge is 0.370 e. The Bertz CT molecular complexity index is 1190. The van der Waals surface area contributed by atoms with Crippen molar-refractivity contribution >= 4 is 52.8 Å². The van der Waals surface area contributed by atoms with Crippen LogP contribution in [0.5, 0.6) is 0 Å². The van der Waals surface area contributed by atoms with Crippen LogP contribution in [0.2, 0.25) is 0 Å². The minimum Gasteiger partial charge on any atom is -0.370 e. The molecule has 2 rings (SSSR count). The number of hydrogen-bond acceptors (Lipinski definition) is 9. The molecule has 13 heteroatoms. The van der Waals surface area contributed by atoms with E-state index in [4.69, 9.17) is 16.3 Å². The number of H-pyrrole nitrogens is 1. The number of hydroxylamine groups is 1. The van der Waals surface area contributed by atoms with Gasteiger partial charge in [-0.15, -0.1) is 0 Å². The third kappa shape index (κ3) is 9.44. The SMILES string of the molecule is CCCON[C@@H](CS)C(=O)C(=O)[C@H](Cc1c[nH]c2ccccc12)NC(=O)[C@H](CCC(N)=O)NC(=O)[C@@H](N)C(C)C. The highest BCUT2D eigenvalue weighted by Gasteiger charge is 2.34. The molecular formula is C27H40N6O6S. The van der Waals surface area contributed by atoms with E-state index >= 15 is 0 Å². The lowest BCUT2D eigenvalue weighted by Gasteiger charge is -2.25. The van der Waals surface area contributed by atoms with Crippen molar-refractivity contribution in [1.29, 1.82) is 0 Å². The summed E-state index contributed by atoms with van der Waals surface area (Å²) < 4.78 is 0. The lowest BCUT2D eigenvalue weighted by Crippen LogP contribution is -2.57. The molecule has 1 heterocycles. The Labute approximate surface area is 239 Å². The quantitative estimate of drug-likeness (QED) is 0.0568. The molecule has 12 nitrogen and oxygen atoms in total. The summed E-state index contributed by atoms with van der Waals surface area (Å²) >= 11 is 4.17. The van der Waals surface area contributed by atoms with Gasteiger partial charge in [-0.05, 0) is 30.4 Å². The van der Waals surface area contributed by atoms with Gasteiger partial charge in [-0.1, -0.05) is 39.0 Å². The van der Waals surface area contributed by atoms with Crippen molar-refractivity contribution in [3.8, 4) is 0 Å². The molecule has 0 radical (unpaired) electrons. The van der Waals surface area contributed by atoms with Crippen molar-refractivity contribution < 1.29 is 28.8 Å². The molecule has 40 heavy (non-hydrogen) atoms. The Kier molecular flexibility index (Phi) is 13.3. The number of para-hydroxylation sites is 1. The van der Waals surface area contributed by atoms with Crippen LogP contribution in [0.3, 0.4) is 0 Å². The Morgan fingerprint density at radius 1 is 1.00 bits per heavy atom. The third-order valence-corrected chi connectivity index (χ3v) is 6.70. The van der Waals surface area contributed by atoms with Gasteiger partial charge in [0.15, 0.2) is 0 Å². The van der Waals surface area contributed by atoms with E-state index in [0.717, 1.165) is 10.9 Å². The topological polar surface area (TPSA) is 198 Å². The molecule has 4 atom stereocenters. The van der Waals surface area contributed by atoms with E-state index in [1.165, 1.54) is 0 Å². The van der Waals surface area contributed by atoms with Gasteiger partial charge in [0.2, 0.25) is 29.3 Å². The predicted octanol–water partition coefficient (Wildman–Crippen LogP) is 0.297. The summed E-state index contributed by atoms with van der Waals surface area (Å²) in [6.07, 6.45) is 2.05. The van der Waals surface area contributed by atoms with Gasteiger partial charge in [-0.3, -0.25) is 24.0 Å². The number of hydrogen-bond donors (Lipinski definition) is 7. The first kappa shape index (κ1) is 32.9. The number of fused-ring (bicyclic) bond motifs is 1. The van der Waals surface area contributed by atoms with Crippen LogP contribution in [0.1, 0.15) is 45.6 Å². The van der Waals surface area contributed by atoms with Gasteiger partial charge in [-0.25, -0.2) is 0 Å². The zero-order valence-electron chi connectivity index (χ0n) is 23.1. The first-order valence-electron chi connectivity index (χ1n) is 13.3. The standard InChI is InChI=1S/C27H40N6O6S/c1-4-11-39-33-21(14-40)25(36)24(35)20(12-16-13-30-18-8-6-5-7-17(16)18)32-26(37)19(9-10-22(28)34)31-27(38)23(29)15(2)3/h5-8,13,15,19-21,23,30,33,40H,4,9-12,14,29H2,1-3H3,(H2,28,34)(H,31,38)(H,32,37)/t19-,20-,21-,23-/m0/s1. The summed E-state index contributed by atoms with van der Waals surface area (Å²) in [5, 5.41) is 5.99. The van der Waals surface area contributed by atoms with Crippen LogP contribution < -0.4 is 27.6 Å². The molecule has 0 spiro atoms. The number of aromatic nitrogens is 1. The number of rotatable bonds is 18. The van der Waals surface area contributed by atoms with Gasteiger partial charge in [0.25, 0.3) is 0 Å². The predicted molar refractivity (Wildman–Crippen MR) is 154 cm³/mol. The molecule has 2 aromatic rings. The number of nitrogens with two attached hydrogens (primary N) is 2. The highest BCUT2D eigenvalue weighted by molar-refractivity contribution is 7.80. The van der Waals surface area contributed by atoms with E-state index in [-0.39, 0.29) is 30.9 Å². The van der Waals surface area contributed by atoms with Crippen molar-refractivity contribution in [1.82, 2.24) is 21.1 Å². The van der Waals surface area contributed by atoms with Gasteiger partial charge in [0.1, 0.15) is 12.1 Å². The van der Waals surface area contributed by atoms with Crippen LogP contribution in [-0.4, -0.2) is 70.8 Å². The molecule has 1 aromatic carbocycles. The molecule has 0 saturated carbocycles. The summed E-state index contributed by atoms with van der Waals surface area (Å²) in [5.74, 6) is -3.95. The van der Waals surface area contributed by atoms with Crippen LogP contribution in [0.25, 0.3) is 10.9 Å². The molecule has 0 fully saturated rings. The minimum absolute atomic E-state index is 0.0164. The lowest BCUT2D eigenvalue weighted by molar-refractivity contribution is -0.142.